The second-order valence-corrected chi connectivity index (χ2v) is 8.19. The summed E-state index contributed by atoms with van der Waals surface area (Å²) in [4.78, 5) is 24.0. The van der Waals surface area contributed by atoms with E-state index in [1.54, 1.807) is 6.20 Å². The first kappa shape index (κ1) is 18.8. The van der Waals surface area contributed by atoms with Gasteiger partial charge in [-0.1, -0.05) is 19.1 Å². The molecule has 28 heavy (non-hydrogen) atoms. The Morgan fingerprint density at radius 1 is 0.929 bits per heavy atom. The first-order chi connectivity index (χ1) is 13.6. The molecule has 2 fully saturated rings. The Balaban J connectivity index is 1.40. The highest BCUT2D eigenvalue weighted by Crippen LogP contribution is 2.23. The monoisotopic (exact) mass is 378 g/mol. The van der Waals surface area contributed by atoms with E-state index in [0.717, 1.165) is 57.8 Å². The number of amides is 1. The van der Waals surface area contributed by atoms with E-state index in [2.05, 4.69) is 52.9 Å². The minimum absolute atomic E-state index is 0.0761. The number of aryl methyl sites for hydroxylation is 1. The number of aromatic nitrogens is 1. The van der Waals surface area contributed by atoms with Gasteiger partial charge in [-0.25, -0.2) is 0 Å². The lowest BCUT2D eigenvalue weighted by Crippen LogP contribution is -2.46. The van der Waals surface area contributed by atoms with Crippen molar-refractivity contribution in [2.45, 2.75) is 26.7 Å². The molecular formula is C23H30N4O. The Labute approximate surface area is 168 Å². The van der Waals surface area contributed by atoms with E-state index >= 15 is 0 Å². The van der Waals surface area contributed by atoms with Crippen molar-refractivity contribution in [3.63, 3.8) is 0 Å². The van der Waals surface area contributed by atoms with Crippen LogP contribution in [0.1, 0.15) is 35.8 Å². The molecule has 2 aliphatic rings. The maximum Gasteiger partial charge on any atom is 0.272 e. The molecule has 1 amide bonds. The molecule has 0 bridgehead atoms. The molecule has 0 N–H and O–H groups in total. The zero-order chi connectivity index (χ0) is 19.5. The molecule has 5 nitrogen and oxygen atoms in total. The van der Waals surface area contributed by atoms with Gasteiger partial charge in [-0.2, -0.15) is 0 Å². The molecule has 3 heterocycles. The van der Waals surface area contributed by atoms with Gasteiger partial charge in [-0.15, -0.1) is 0 Å². The highest BCUT2D eigenvalue weighted by atomic mass is 16.2. The lowest BCUT2D eigenvalue weighted by Gasteiger charge is -2.37. The van der Waals surface area contributed by atoms with Gasteiger partial charge < -0.3 is 14.7 Å². The van der Waals surface area contributed by atoms with Crippen molar-refractivity contribution in [1.29, 1.82) is 0 Å². The second-order valence-electron chi connectivity index (χ2n) is 8.19. The molecule has 2 aliphatic heterocycles. The van der Waals surface area contributed by atoms with Gasteiger partial charge in [0.2, 0.25) is 0 Å². The summed E-state index contributed by atoms with van der Waals surface area (Å²) in [6, 6.07) is 12.7. The molecule has 0 saturated carbocycles. The fourth-order valence-corrected chi connectivity index (χ4v) is 4.15. The van der Waals surface area contributed by atoms with Crippen LogP contribution in [0.2, 0.25) is 0 Å². The minimum Gasteiger partial charge on any atom is -0.368 e. The summed E-state index contributed by atoms with van der Waals surface area (Å²) in [5.41, 5.74) is 4.27. The third-order valence-electron chi connectivity index (χ3n) is 6.05. The number of pyridine rings is 1. The topological polar surface area (TPSA) is 39.7 Å². The largest absolute Gasteiger partial charge is 0.368 e. The first-order valence-electron chi connectivity index (χ1n) is 10.4. The van der Waals surface area contributed by atoms with Crippen molar-refractivity contribution in [1.82, 2.24) is 9.88 Å². The molecule has 4 rings (SSSR count). The number of rotatable bonds is 3. The molecule has 1 aromatic carbocycles. The highest BCUT2D eigenvalue weighted by molar-refractivity contribution is 5.93. The molecule has 148 valence electrons. The number of piperazine rings is 1. The minimum atomic E-state index is 0.0761. The summed E-state index contributed by atoms with van der Waals surface area (Å²) >= 11 is 0. The maximum absolute atomic E-state index is 12.8. The highest BCUT2D eigenvalue weighted by Gasteiger charge is 2.24. The van der Waals surface area contributed by atoms with E-state index in [1.807, 2.05) is 17.0 Å². The van der Waals surface area contributed by atoms with Gasteiger partial charge in [0, 0.05) is 56.8 Å². The lowest BCUT2D eigenvalue weighted by molar-refractivity contribution is 0.0691. The zero-order valence-corrected chi connectivity index (χ0v) is 17.0. The number of hydrogen-bond donors (Lipinski definition) is 0. The summed E-state index contributed by atoms with van der Waals surface area (Å²) in [6.07, 6.45) is 3.96. The SMILES string of the molecule is Cc1cccc(N2CCN(c3ccnc(C(=O)N4CCC(C)CC4)c3)CC2)c1. The van der Waals surface area contributed by atoms with Gasteiger partial charge in [0.1, 0.15) is 5.69 Å². The number of carbonyl (C=O) groups excluding carboxylic acids is 1. The van der Waals surface area contributed by atoms with Crippen molar-refractivity contribution in [2.75, 3.05) is 49.1 Å². The van der Waals surface area contributed by atoms with E-state index < -0.39 is 0 Å². The standard InChI is InChI=1S/C23H30N4O/c1-18-7-10-27(11-8-18)23(28)22-17-21(6-9-24-22)26-14-12-25(13-15-26)20-5-3-4-19(2)16-20/h3-6,9,16-18H,7-8,10-15H2,1-2H3. The van der Waals surface area contributed by atoms with Crippen LogP contribution in [0.3, 0.4) is 0 Å². The quantitative estimate of drug-likeness (QED) is 0.818. The fraction of sp³-hybridized carbons (Fsp3) is 0.478. The number of nitrogens with zero attached hydrogens (tertiary/aromatic N) is 4. The number of benzene rings is 1. The predicted octanol–water partition coefficient (Wildman–Crippen LogP) is 3.59. The van der Waals surface area contributed by atoms with Gasteiger partial charge in [-0.05, 0) is 55.5 Å². The van der Waals surface area contributed by atoms with Crippen LogP contribution in [0.25, 0.3) is 0 Å². The Kier molecular flexibility index (Phi) is 5.51. The predicted molar refractivity (Wildman–Crippen MR) is 114 cm³/mol. The van der Waals surface area contributed by atoms with Gasteiger partial charge >= 0.3 is 0 Å². The second kappa shape index (κ2) is 8.21. The average Bonchev–Trinajstić information content (AvgIpc) is 2.74. The lowest BCUT2D eigenvalue weighted by atomic mass is 9.99. The van der Waals surface area contributed by atoms with Crippen molar-refractivity contribution in [2.24, 2.45) is 5.92 Å². The number of anilines is 2. The van der Waals surface area contributed by atoms with Crippen LogP contribution >= 0.6 is 0 Å². The number of piperidine rings is 1. The molecular weight excluding hydrogens is 348 g/mol. The molecule has 0 spiro atoms. The molecule has 0 aliphatic carbocycles. The summed E-state index contributed by atoms with van der Waals surface area (Å²) in [6.45, 7) is 9.97. The van der Waals surface area contributed by atoms with Crippen LogP contribution in [-0.4, -0.2) is 55.1 Å². The van der Waals surface area contributed by atoms with E-state index in [1.165, 1.54) is 11.3 Å². The van der Waals surface area contributed by atoms with Gasteiger partial charge in [0.25, 0.3) is 5.91 Å². The third-order valence-corrected chi connectivity index (χ3v) is 6.05. The van der Waals surface area contributed by atoms with Gasteiger partial charge in [-0.3, -0.25) is 9.78 Å². The van der Waals surface area contributed by atoms with Crippen molar-refractivity contribution < 1.29 is 4.79 Å². The summed E-state index contributed by atoms with van der Waals surface area (Å²) in [7, 11) is 0. The smallest absolute Gasteiger partial charge is 0.272 e. The van der Waals surface area contributed by atoms with Gasteiger partial charge in [0.15, 0.2) is 0 Å². The van der Waals surface area contributed by atoms with Gasteiger partial charge in [0.05, 0.1) is 0 Å². The van der Waals surface area contributed by atoms with Crippen LogP contribution in [0.15, 0.2) is 42.6 Å². The molecule has 0 atom stereocenters. The number of carbonyl (C=O) groups is 1. The number of likely N-dealkylation sites (tertiary alicyclic amines) is 1. The Hall–Kier alpha value is -2.56. The molecule has 0 unspecified atom stereocenters. The Morgan fingerprint density at radius 2 is 1.57 bits per heavy atom. The van der Waals surface area contributed by atoms with E-state index in [0.29, 0.717) is 11.6 Å². The molecule has 2 saturated heterocycles. The Bertz CT molecular complexity index is 821. The van der Waals surface area contributed by atoms with Crippen LogP contribution in [0, 0.1) is 12.8 Å². The summed E-state index contributed by atoms with van der Waals surface area (Å²) in [5, 5.41) is 0. The number of hydrogen-bond acceptors (Lipinski definition) is 4. The van der Waals surface area contributed by atoms with E-state index in [9.17, 15) is 4.79 Å². The fourth-order valence-electron chi connectivity index (χ4n) is 4.15. The van der Waals surface area contributed by atoms with E-state index in [4.69, 9.17) is 0 Å². The third kappa shape index (κ3) is 4.13. The average molecular weight is 379 g/mol. The zero-order valence-electron chi connectivity index (χ0n) is 17.0. The van der Waals surface area contributed by atoms with Crippen molar-refractivity contribution in [3.8, 4) is 0 Å². The summed E-state index contributed by atoms with van der Waals surface area (Å²) in [5.74, 6) is 0.792. The molecule has 2 aromatic rings. The maximum atomic E-state index is 12.8. The Morgan fingerprint density at radius 3 is 2.21 bits per heavy atom. The first-order valence-corrected chi connectivity index (χ1v) is 10.4. The van der Waals surface area contributed by atoms with Crippen LogP contribution in [-0.2, 0) is 0 Å². The summed E-state index contributed by atoms with van der Waals surface area (Å²) < 4.78 is 0. The molecule has 5 heteroatoms. The van der Waals surface area contributed by atoms with Crippen LogP contribution < -0.4 is 9.80 Å². The van der Waals surface area contributed by atoms with Crippen LogP contribution in [0.4, 0.5) is 11.4 Å². The van der Waals surface area contributed by atoms with Crippen molar-refractivity contribution >= 4 is 17.3 Å². The molecule has 0 radical (unpaired) electrons. The molecule has 1 aromatic heterocycles. The van der Waals surface area contributed by atoms with Crippen LogP contribution in [0.5, 0.6) is 0 Å². The normalized spacial score (nSPS) is 18.4. The van der Waals surface area contributed by atoms with Crippen molar-refractivity contribution in [3.05, 3.63) is 53.9 Å². The van der Waals surface area contributed by atoms with E-state index in [-0.39, 0.29) is 5.91 Å².